The number of aliphatic hydroxyl groups is 1. The number of ketones is 1. The predicted molar refractivity (Wildman–Crippen MR) is 147 cm³/mol. The lowest BCUT2D eigenvalue weighted by Crippen LogP contribution is -2.29. The van der Waals surface area contributed by atoms with Crippen molar-refractivity contribution in [1.29, 1.82) is 0 Å². The van der Waals surface area contributed by atoms with Crippen LogP contribution in [0.25, 0.3) is 5.76 Å². The van der Waals surface area contributed by atoms with Gasteiger partial charge in [0.1, 0.15) is 11.5 Å². The highest BCUT2D eigenvalue weighted by molar-refractivity contribution is 6.51. The van der Waals surface area contributed by atoms with Gasteiger partial charge in [-0.1, -0.05) is 25.1 Å². The fourth-order valence-corrected chi connectivity index (χ4v) is 4.85. The molecule has 4 rings (SSSR count). The molecule has 0 aliphatic carbocycles. The summed E-state index contributed by atoms with van der Waals surface area (Å²) >= 11 is 0. The minimum atomic E-state index is -0.880. The van der Waals surface area contributed by atoms with Crippen LogP contribution in [-0.2, 0) is 16.0 Å². The van der Waals surface area contributed by atoms with E-state index in [9.17, 15) is 14.7 Å². The molecule has 7 nitrogen and oxygen atoms in total. The van der Waals surface area contributed by atoms with Crippen molar-refractivity contribution in [1.82, 2.24) is 0 Å². The van der Waals surface area contributed by atoms with E-state index in [1.54, 1.807) is 44.6 Å². The minimum absolute atomic E-state index is 0.00912. The average molecular weight is 516 g/mol. The molecule has 1 amide bonds. The first-order valence-electron chi connectivity index (χ1n) is 12.6. The second-order valence-electron chi connectivity index (χ2n) is 9.17. The van der Waals surface area contributed by atoms with Gasteiger partial charge < -0.3 is 19.3 Å². The van der Waals surface area contributed by atoms with Gasteiger partial charge in [-0.15, -0.1) is 0 Å². The summed E-state index contributed by atoms with van der Waals surface area (Å²) in [6, 6.07) is 15.5. The summed E-state index contributed by atoms with van der Waals surface area (Å²) in [5.41, 5.74) is 4.26. The van der Waals surface area contributed by atoms with E-state index in [1.165, 1.54) is 4.90 Å². The number of anilines is 1. The highest BCUT2D eigenvalue weighted by Gasteiger charge is 2.47. The van der Waals surface area contributed by atoms with Crippen LogP contribution in [-0.4, -0.2) is 37.6 Å². The van der Waals surface area contributed by atoms with Crippen LogP contribution < -0.4 is 19.1 Å². The Balaban J connectivity index is 1.98. The molecule has 1 aliphatic rings. The Morgan fingerprint density at radius 1 is 0.868 bits per heavy atom. The molecule has 0 radical (unpaired) electrons. The van der Waals surface area contributed by atoms with Gasteiger partial charge in [-0.25, -0.2) is 0 Å². The molecule has 3 aromatic carbocycles. The molecule has 7 heteroatoms. The number of aryl methyl sites for hydroxylation is 3. The number of aliphatic hydroxyl groups excluding tert-OH is 1. The Morgan fingerprint density at radius 3 is 2.16 bits per heavy atom. The van der Waals surface area contributed by atoms with Crippen molar-refractivity contribution < 1.29 is 28.9 Å². The van der Waals surface area contributed by atoms with E-state index < -0.39 is 17.7 Å². The van der Waals surface area contributed by atoms with Gasteiger partial charge in [0, 0.05) is 11.3 Å². The normalized spacial score (nSPS) is 16.6. The largest absolute Gasteiger partial charge is 0.507 e. The second-order valence-corrected chi connectivity index (χ2v) is 9.17. The summed E-state index contributed by atoms with van der Waals surface area (Å²) in [6.45, 7) is 8.00. The lowest BCUT2D eigenvalue weighted by atomic mass is 9.92. The number of methoxy groups -OCH3 is 2. The molecule has 1 unspecified atom stereocenters. The molecule has 1 atom stereocenters. The van der Waals surface area contributed by atoms with Crippen molar-refractivity contribution in [2.45, 2.75) is 40.2 Å². The van der Waals surface area contributed by atoms with Crippen LogP contribution in [0.5, 0.6) is 17.2 Å². The SMILES string of the molecule is CCOc1cc(C2/C(=C(\O)c3cc(C)c(OC)cc3C)C(=O)C(=O)N2c2ccc(CC)cc2)ccc1OC. The third kappa shape index (κ3) is 4.72. The first-order chi connectivity index (χ1) is 18.2. The molecule has 3 aromatic rings. The molecule has 198 valence electrons. The van der Waals surface area contributed by atoms with Crippen LogP contribution in [0.3, 0.4) is 0 Å². The van der Waals surface area contributed by atoms with Gasteiger partial charge in [-0.05, 0) is 85.8 Å². The van der Waals surface area contributed by atoms with Crippen molar-refractivity contribution in [2.24, 2.45) is 0 Å². The number of carbonyl (C=O) groups excluding carboxylic acids is 2. The molecular formula is C31H33NO6. The molecule has 0 aromatic heterocycles. The summed E-state index contributed by atoms with van der Waals surface area (Å²) in [4.78, 5) is 28.5. The number of hydrogen-bond donors (Lipinski definition) is 1. The number of benzene rings is 3. The van der Waals surface area contributed by atoms with E-state index in [4.69, 9.17) is 14.2 Å². The summed E-state index contributed by atoms with van der Waals surface area (Å²) in [7, 11) is 3.13. The molecule has 1 N–H and O–H groups in total. The quantitative estimate of drug-likeness (QED) is 0.228. The standard InChI is InChI=1S/C31H33NO6/c1-7-20-9-12-22(13-10-20)32-28(21-11-14-24(36-5)26(17-21)38-8-2)27(30(34)31(32)35)29(33)23-15-19(4)25(37-6)16-18(23)3/h9-17,28,33H,7-8H2,1-6H3/b29-27+. The monoisotopic (exact) mass is 515 g/mol. The Labute approximate surface area is 223 Å². The van der Waals surface area contributed by atoms with Crippen molar-refractivity contribution in [3.63, 3.8) is 0 Å². The number of ether oxygens (including phenoxy) is 3. The van der Waals surface area contributed by atoms with E-state index in [1.807, 2.05) is 52.0 Å². The molecule has 0 saturated carbocycles. The third-order valence-corrected chi connectivity index (χ3v) is 6.87. The van der Waals surface area contributed by atoms with Gasteiger partial charge in [-0.3, -0.25) is 14.5 Å². The molecule has 1 fully saturated rings. The maximum Gasteiger partial charge on any atom is 0.300 e. The van der Waals surface area contributed by atoms with Gasteiger partial charge in [0.05, 0.1) is 32.4 Å². The average Bonchev–Trinajstić information content (AvgIpc) is 3.19. The number of nitrogens with zero attached hydrogens (tertiary/aromatic N) is 1. The fourth-order valence-electron chi connectivity index (χ4n) is 4.85. The zero-order valence-electron chi connectivity index (χ0n) is 22.6. The number of amides is 1. The van der Waals surface area contributed by atoms with E-state index >= 15 is 0 Å². The van der Waals surface area contributed by atoms with Crippen molar-refractivity contribution >= 4 is 23.1 Å². The summed E-state index contributed by atoms with van der Waals surface area (Å²) in [6.07, 6.45) is 0.842. The van der Waals surface area contributed by atoms with E-state index in [0.29, 0.717) is 46.2 Å². The Bertz CT molecular complexity index is 1410. The molecule has 38 heavy (non-hydrogen) atoms. The van der Waals surface area contributed by atoms with Crippen LogP contribution in [0.1, 0.15) is 47.7 Å². The number of carbonyl (C=O) groups is 2. The van der Waals surface area contributed by atoms with Gasteiger partial charge in [0.15, 0.2) is 11.5 Å². The maximum absolute atomic E-state index is 13.6. The van der Waals surface area contributed by atoms with Gasteiger partial charge in [0.2, 0.25) is 0 Å². The van der Waals surface area contributed by atoms with Crippen LogP contribution >= 0.6 is 0 Å². The fraction of sp³-hybridized carbons (Fsp3) is 0.290. The van der Waals surface area contributed by atoms with Crippen LogP contribution in [0.2, 0.25) is 0 Å². The van der Waals surface area contributed by atoms with Crippen molar-refractivity contribution in [2.75, 3.05) is 25.7 Å². The topological polar surface area (TPSA) is 85.3 Å². The minimum Gasteiger partial charge on any atom is -0.507 e. The van der Waals surface area contributed by atoms with Gasteiger partial charge in [-0.2, -0.15) is 0 Å². The Kier molecular flexibility index (Phi) is 7.76. The van der Waals surface area contributed by atoms with E-state index in [2.05, 4.69) is 0 Å². The van der Waals surface area contributed by atoms with Crippen molar-refractivity contribution in [3.8, 4) is 17.2 Å². The van der Waals surface area contributed by atoms with E-state index in [-0.39, 0.29) is 11.3 Å². The number of Topliss-reactive ketones (excluding diaryl/α,β-unsaturated/α-hetero) is 1. The van der Waals surface area contributed by atoms with Gasteiger partial charge in [0.25, 0.3) is 11.7 Å². The highest BCUT2D eigenvalue weighted by Crippen LogP contribution is 2.44. The zero-order chi connectivity index (χ0) is 27.6. The summed E-state index contributed by atoms with van der Waals surface area (Å²) in [5, 5.41) is 11.6. The first-order valence-corrected chi connectivity index (χ1v) is 12.6. The molecule has 0 bridgehead atoms. The number of hydrogen-bond acceptors (Lipinski definition) is 6. The summed E-state index contributed by atoms with van der Waals surface area (Å²) in [5.74, 6) is -0.0230. The zero-order valence-corrected chi connectivity index (χ0v) is 22.6. The Morgan fingerprint density at radius 2 is 1.55 bits per heavy atom. The highest BCUT2D eigenvalue weighted by atomic mass is 16.5. The van der Waals surface area contributed by atoms with Gasteiger partial charge >= 0.3 is 0 Å². The van der Waals surface area contributed by atoms with E-state index in [0.717, 1.165) is 17.5 Å². The lowest BCUT2D eigenvalue weighted by Gasteiger charge is -2.26. The summed E-state index contributed by atoms with van der Waals surface area (Å²) < 4.78 is 16.6. The Hall–Kier alpha value is -4.26. The van der Waals surface area contributed by atoms with Crippen LogP contribution in [0.4, 0.5) is 5.69 Å². The molecule has 1 saturated heterocycles. The molecule has 1 heterocycles. The first kappa shape index (κ1) is 26.8. The van der Waals surface area contributed by atoms with Crippen LogP contribution in [0, 0.1) is 13.8 Å². The molecule has 0 spiro atoms. The second kappa shape index (κ2) is 11.0. The maximum atomic E-state index is 13.6. The van der Waals surface area contributed by atoms with Crippen molar-refractivity contribution in [3.05, 3.63) is 88.0 Å². The predicted octanol–water partition coefficient (Wildman–Crippen LogP) is 5.91. The number of rotatable bonds is 8. The molecular weight excluding hydrogens is 482 g/mol. The molecule has 1 aliphatic heterocycles. The van der Waals surface area contributed by atoms with Crippen LogP contribution in [0.15, 0.2) is 60.2 Å². The lowest BCUT2D eigenvalue weighted by molar-refractivity contribution is -0.132. The smallest absolute Gasteiger partial charge is 0.300 e. The third-order valence-electron chi connectivity index (χ3n) is 6.87.